The van der Waals surface area contributed by atoms with E-state index >= 15 is 0 Å². The van der Waals surface area contributed by atoms with Crippen LogP contribution in [0.1, 0.15) is 45.6 Å². The van der Waals surface area contributed by atoms with Gasteiger partial charge in [0.1, 0.15) is 29.7 Å². The Morgan fingerprint density at radius 3 is 2.43 bits per heavy atom. The molecule has 2 aromatic heterocycles. The van der Waals surface area contributed by atoms with Gasteiger partial charge in [-0.25, -0.2) is 9.97 Å². The largest absolute Gasteiger partial charge is 0.493 e. The topological polar surface area (TPSA) is 66.6 Å². The Morgan fingerprint density at radius 1 is 0.826 bits per heavy atom. The summed E-state index contributed by atoms with van der Waals surface area (Å²) in [6, 6.07) is 20.2. The second-order valence-corrected chi connectivity index (χ2v) is 11.8. The second-order valence-electron chi connectivity index (χ2n) is 11.4. The van der Waals surface area contributed by atoms with Crippen LogP contribution in [-0.2, 0) is 19.5 Å². The van der Waals surface area contributed by atoms with Crippen LogP contribution in [0.5, 0.6) is 17.2 Å². The number of hydrogen-bond donors (Lipinski definition) is 0. The maximum absolute atomic E-state index is 6.51. The average molecular weight is 644 g/mol. The van der Waals surface area contributed by atoms with Crippen molar-refractivity contribution in [1.29, 1.82) is 0 Å². The first-order valence-electron chi connectivity index (χ1n) is 16.5. The van der Waals surface area contributed by atoms with Crippen molar-refractivity contribution in [1.82, 2.24) is 24.0 Å². The van der Waals surface area contributed by atoms with E-state index in [1.165, 1.54) is 0 Å². The van der Waals surface area contributed by atoms with E-state index in [9.17, 15) is 0 Å². The Labute approximate surface area is 277 Å². The molecule has 3 aromatic carbocycles. The van der Waals surface area contributed by atoms with E-state index in [2.05, 4.69) is 53.4 Å². The maximum atomic E-state index is 6.51. The van der Waals surface area contributed by atoms with E-state index in [1.807, 2.05) is 53.2 Å². The molecule has 0 spiro atoms. The third-order valence-corrected chi connectivity index (χ3v) is 8.38. The molecular weight excluding hydrogens is 598 g/mol. The summed E-state index contributed by atoms with van der Waals surface area (Å²) < 4.78 is 23.2. The number of rotatable bonds is 19. The molecule has 0 saturated heterocycles. The van der Waals surface area contributed by atoms with Crippen LogP contribution in [0.2, 0.25) is 5.02 Å². The number of imidazole rings is 2. The number of halogens is 1. The third kappa shape index (κ3) is 9.04. The number of fused-ring (bicyclic) bond motifs is 1. The molecule has 0 saturated carbocycles. The van der Waals surface area contributed by atoms with Gasteiger partial charge in [-0.15, -0.1) is 0 Å². The summed E-state index contributed by atoms with van der Waals surface area (Å²) in [7, 11) is 0. The number of aromatic nitrogens is 4. The fraction of sp³-hybridized carbons (Fsp3) is 0.405. The van der Waals surface area contributed by atoms with Crippen molar-refractivity contribution in [2.45, 2.75) is 59.5 Å². The number of unbranched alkanes of at least 4 members (excludes halogenated alkanes) is 1. The maximum Gasteiger partial charge on any atom is 0.144 e. The van der Waals surface area contributed by atoms with Crippen LogP contribution in [0.15, 0.2) is 79.4 Å². The van der Waals surface area contributed by atoms with Crippen LogP contribution in [-0.4, -0.2) is 63.5 Å². The van der Waals surface area contributed by atoms with Crippen molar-refractivity contribution in [2.24, 2.45) is 0 Å². The van der Waals surface area contributed by atoms with Crippen molar-refractivity contribution in [3.05, 3.63) is 90.0 Å². The van der Waals surface area contributed by atoms with Crippen LogP contribution in [0.4, 0.5) is 0 Å². The molecule has 244 valence electrons. The molecule has 0 aliphatic heterocycles. The molecule has 0 fully saturated rings. The number of nitrogens with zero attached hydrogens (tertiary/aromatic N) is 5. The predicted octanol–water partition coefficient (Wildman–Crippen LogP) is 8.16. The lowest BCUT2D eigenvalue weighted by molar-refractivity contribution is 0.248. The van der Waals surface area contributed by atoms with E-state index in [0.717, 1.165) is 109 Å². The van der Waals surface area contributed by atoms with Gasteiger partial charge in [0.25, 0.3) is 0 Å². The van der Waals surface area contributed by atoms with Crippen molar-refractivity contribution >= 4 is 22.6 Å². The molecule has 0 aliphatic carbocycles. The van der Waals surface area contributed by atoms with E-state index < -0.39 is 0 Å². The first-order valence-corrected chi connectivity index (χ1v) is 16.9. The van der Waals surface area contributed by atoms with Gasteiger partial charge in [-0.1, -0.05) is 50.9 Å². The minimum absolute atomic E-state index is 0.541. The highest BCUT2D eigenvalue weighted by atomic mass is 35.5. The molecule has 0 unspecified atom stereocenters. The summed E-state index contributed by atoms with van der Waals surface area (Å²) in [6.07, 6.45) is 9.34. The van der Waals surface area contributed by atoms with Gasteiger partial charge >= 0.3 is 0 Å². The van der Waals surface area contributed by atoms with Crippen molar-refractivity contribution < 1.29 is 14.2 Å². The molecule has 9 heteroatoms. The van der Waals surface area contributed by atoms with E-state index in [4.69, 9.17) is 30.8 Å². The number of ether oxygens (including phenoxy) is 3. The third-order valence-electron chi connectivity index (χ3n) is 8.15. The Morgan fingerprint density at radius 2 is 1.65 bits per heavy atom. The summed E-state index contributed by atoms with van der Waals surface area (Å²) in [5.74, 6) is 3.27. The minimum atomic E-state index is 0.541. The van der Waals surface area contributed by atoms with Gasteiger partial charge in [-0.05, 0) is 67.9 Å². The molecule has 0 amide bonds. The smallest absolute Gasteiger partial charge is 0.144 e. The predicted molar refractivity (Wildman–Crippen MR) is 186 cm³/mol. The summed E-state index contributed by atoms with van der Waals surface area (Å²) in [4.78, 5) is 11.7. The highest BCUT2D eigenvalue weighted by Crippen LogP contribution is 2.36. The highest BCUT2D eigenvalue weighted by molar-refractivity contribution is 6.30. The normalized spacial score (nSPS) is 11.4. The van der Waals surface area contributed by atoms with Gasteiger partial charge in [0.2, 0.25) is 0 Å². The fourth-order valence-electron chi connectivity index (χ4n) is 5.51. The molecule has 0 radical (unpaired) electrons. The monoisotopic (exact) mass is 643 g/mol. The lowest BCUT2D eigenvalue weighted by Gasteiger charge is -2.19. The molecule has 0 atom stereocenters. The van der Waals surface area contributed by atoms with E-state index in [0.29, 0.717) is 19.8 Å². The summed E-state index contributed by atoms with van der Waals surface area (Å²) in [6.45, 7) is 13.0. The van der Waals surface area contributed by atoms with Gasteiger partial charge < -0.3 is 28.2 Å². The molecule has 0 N–H and O–H groups in total. The van der Waals surface area contributed by atoms with Crippen LogP contribution >= 0.6 is 11.6 Å². The molecule has 46 heavy (non-hydrogen) atoms. The van der Waals surface area contributed by atoms with Gasteiger partial charge in [0.05, 0.1) is 42.7 Å². The van der Waals surface area contributed by atoms with Crippen LogP contribution in [0.3, 0.4) is 0 Å². The van der Waals surface area contributed by atoms with Gasteiger partial charge in [-0.2, -0.15) is 0 Å². The van der Waals surface area contributed by atoms with Gasteiger partial charge in [-0.3, -0.25) is 0 Å². The number of hydrogen-bond acceptors (Lipinski definition) is 6. The number of aryl methyl sites for hydroxylation is 1. The highest BCUT2D eigenvalue weighted by Gasteiger charge is 2.18. The molecule has 5 rings (SSSR count). The standard InChI is InChI=1S/C37H46ClN5O3/c1-4-7-19-43-35-26-31(45-24-21-42-20-17-39-28-42)13-15-34(35)40-37(43)33-14-12-32(44-23-16-29-10-8-11-30(38)25-29)27-36(33)46-22-9-18-41(5-2)6-3/h8,10-15,17,20,25-28H,4-7,9,16,18-19,21-24H2,1-3H3. The average Bonchev–Trinajstić information content (AvgIpc) is 3.72. The Kier molecular flexibility index (Phi) is 12.4. The molecular formula is C37H46ClN5O3. The molecule has 0 bridgehead atoms. The second kappa shape index (κ2) is 17.1. The quantitative estimate of drug-likeness (QED) is 0.0846. The van der Waals surface area contributed by atoms with E-state index in [1.54, 1.807) is 12.5 Å². The molecule has 0 aliphatic rings. The lowest BCUT2D eigenvalue weighted by atomic mass is 10.1. The van der Waals surface area contributed by atoms with Crippen molar-refractivity contribution in [3.8, 4) is 28.6 Å². The van der Waals surface area contributed by atoms with Gasteiger partial charge in [0.15, 0.2) is 0 Å². The SMILES string of the molecule is CCCCn1c(-c2ccc(OCCc3cccc(Cl)c3)cc2OCCCN(CC)CC)nc2ccc(OCCn3ccnc3)cc21. The zero-order chi connectivity index (χ0) is 32.1. The molecule has 2 heterocycles. The first-order chi connectivity index (χ1) is 22.6. The Balaban J connectivity index is 1.40. The number of benzene rings is 3. The van der Waals surface area contributed by atoms with Crippen LogP contribution < -0.4 is 14.2 Å². The Hall–Kier alpha value is -4.01. The lowest BCUT2D eigenvalue weighted by Crippen LogP contribution is -2.25. The van der Waals surface area contributed by atoms with Gasteiger partial charge in [0, 0.05) is 49.1 Å². The van der Waals surface area contributed by atoms with E-state index in [-0.39, 0.29) is 0 Å². The first kappa shape index (κ1) is 33.4. The Bertz CT molecular complexity index is 1650. The summed E-state index contributed by atoms with van der Waals surface area (Å²) in [5.41, 5.74) is 4.09. The van der Waals surface area contributed by atoms with Crippen molar-refractivity contribution in [2.75, 3.05) is 39.5 Å². The van der Waals surface area contributed by atoms with Crippen LogP contribution in [0, 0.1) is 0 Å². The van der Waals surface area contributed by atoms with Crippen LogP contribution in [0.25, 0.3) is 22.4 Å². The minimum Gasteiger partial charge on any atom is -0.493 e. The zero-order valence-corrected chi connectivity index (χ0v) is 28.1. The molecule has 8 nitrogen and oxygen atoms in total. The fourth-order valence-corrected chi connectivity index (χ4v) is 5.73. The summed E-state index contributed by atoms with van der Waals surface area (Å²) >= 11 is 6.18. The van der Waals surface area contributed by atoms with Crippen molar-refractivity contribution in [3.63, 3.8) is 0 Å². The zero-order valence-electron chi connectivity index (χ0n) is 27.3. The summed E-state index contributed by atoms with van der Waals surface area (Å²) in [5, 5.41) is 0.737. The molecule has 5 aromatic rings.